The maximum Gasteiger partial charge on any atom is 0.449 e. The van der Waals surface area contributed by atoms with Gasteiger partial charge in [0.2, 0.25) is 5.82 Å². The Morgan fingerprint density at radius 2 is 2.07 bits per heavy atom. The second kappa shape index (κ2) is 7.65. The second-order valence-corrected chi connectivity index (χ2v) is 5.89. The molecule has 0 saturated carbocycles. The van der Waals surface area contributed by atoms with Crippen molar-refractivity contribution >= 4 is 17.1 Å². The van der Waals surface area contributed by atoms with Gasteiger partial charge in [0.25, 0.3) is 5.91 Å². The van der Waals surface area contributed by atoms with Gasteiger partial charge in [-0.2, -0.15) is 13.2 Å². The van der Waals surface area contributed by atoms with E-state index in [0.29, 0.717) is 5.75 Å². The van der Waals surface area contributed by atoms with Crippen LogP contribution in [0.2, 0.25) is 0 Å². The van der Waals surface area contributed by atoms with Gasteiger partial charge in [-0.25, -0.2) is 9.97 Å². The number of nitrogens with zero attached hydrogens (tertiary/aromatic N) is 3. The number of ether oxygens (including phenoxy) is 1. The number of alkyl halides is 3. The highest BCUT2D eigenvalue weighted by molar-refractivity contribution is 5.77. The monoisotopic (exact) mass is 378 g/mol. The average molecular weight is 378 g/mol. The number of imidazole rings is 1. The van der Waals surface area contributed by atoms with Crippen molar-refractivity contribution < 1.29 is 22.7 Å². The molecule has 6 nitrogen and oxygen atoms in total. The van der Waals surface area contributed by atoms with Crippen LogP contribution < -0.4 is 10.1 Å². The van der Waals surface area contributed by atoms with E-state index in [1.165, 1.54) is 18.3 Å². The van der Waals surface area contributed by atoms with Gasteiger partial charge in [-0.1, -0.05) is 12.1 Å². The number of aryl methyl sites for hydroxylation is 1. The van der Waals surface area contributed by atoms with Crippen molar-refractivity contribution in [3.63, 3.8) is 0 Å². The summed E-state index contributed by atoms with van der Waals surface area (Å²) in [5.41, 5.74) is 1.26. The van der Waals surface area contributed by atoms with Crippen molar-refractivity contribution in [2.24, 2.45) is 0 Å². The molecule has 0 saturated heterocycles. The topological polar surface area (TPSA) is 69.0 Å². The molecule has 1 N–H and O–H groups in total. The largest absolute Gasteiger partial charge is 0.484 e. The zero-order valence-corrected chi connectivity index (χ0v) is 14.5. The van der Waals surface area contributed by atoms with Crippen LogP contribution in [0.3, 0.4) is 0 Å². The van der Waals surface area contributed by atoms with Crippen LogP contribution in [0.5, 0.6) is 5.75 Å². The number of halogens is 3. The van der Waals surface area contributed by atoms with Crippen LogP contribution in [0.25, 0.3) is 11.2 Å². The van der Waals surface area contributed by atoms with Crippen LogP contribution in [-0.4, -0.2) is 33.6 Å². The Morgan fingerprint density at radius 1 is 1.26 bits per heavy atom. The third-order valence-corrected chi connectivity index (χ3v) is 3.77. The lowest BCUT2D eigenvalue weighted by Gasteiger charge is -2.12. The number of hydrogen-bond acceptors (Lipinski definition) is 4. The molecule has 0 atom stereocenters. The molecular formula is C18H17F3N4O2. The fourth-order valence-corrected chi connectivity index (χ4v) is 2.60. The normalized spacial score (nSPS) is 11.6. The van der Waals surface area contributed by atoms with Crippen LogP contribution in [0.15, 0.2) is 42.6 Å². The summed E-state index contributed by atoms with van der Waals surface area (Å²) in [5.74, 6) is -0.918. The number of nitrogens with one attached hydrogen (secondary N) is 1. The van der Waals surface area contributed by atoms with Crippen LogP contribution in [0.4, 0.5) is 13.2 Å². The molecule has 0 aliphatic carbocycles. The number of benzene rings is 1. The number of aromatic nitrogens is 3. The minimum Gasteiger partial charge on any atom is -0.484 e. The molecule has 0 unspecified atom stereocenters. The molecule has 0 bridgehead atoms. The van der Waals surface area contributed by atoms with E-state index in [4.69, 9.17) is 4.74 Å². The first-order chi connectivity index (χ1) is 12.8. The molecule has 27 heavy (non-hydrogen) atoms. The lowest BCUT2D eigenvalue weighted by molar-refractivity contribution is -0.146. The van der Waals surface area contributed by atoms with Crippen molar-refractivity contribution in [3.8, 4) is 5.75 Å². The molecule has 0 spiro atoms. The third kappa shape index (κ3) is 4.55. The van der Waals surface area contributed by atoms with Crippen LogP contribution in [-0.2, 0) is 17.5 Å². The molecule has 0 radical (unpaired) electrons. The molecule has 1 aromatic carbocycles. The number of fused-ring (bicyclic) bond motifs is 1. The van der Waals surface area contributed by atoms with Gasteiger partial charge >= 0.3 is 6.18 Å². The van der Waals surface area contributed by atoms with E-state index < -0.39 is 17.9 Å². The highest BCUT2D eigenvalue weighted by atomic mass is 19.4. The van der Waals surface area contributed by atoms with Gasteiger partial charge < -0.3 is 14.6 Å². The highest BCUT2D eigenvalue weighted by Crippen LogP contribution is 2.30. The van der Waals surface area contributed by atoms with E-state index in [1.54, 1.807) is 18.2 Å². The molecule has 142 valence electrons. The molecule has 2 aromatic heterocycles. The van der Waals surface area contributed by atoms with E-state index in [-0.39, 0.29) is 30.9 Å². The zero-order chi connectivity index (χ0) is 19.4. The average Bonchev–Trinajstić information content (AvgIpc) is 2.99. The standard InChI is InChI=1S/C18H17F3N4O2/c1-12-4-2-5-13(10-12)27-11-15(26)22-8-9-25-16-14(6-3-7-23-16)24-17(25)18(19,20)21/h2-7,10H,8-9,11H2,1H3,(H,22,26). The first-order valence-corrected chi connectivity index (χ1v) is 8.19. The molecule has 0 fully saturated rings. The van der Waals surface area contributed by atoms with Gasteiger partial charge in [0, 0.05) is 19.3 Å². The minimum absolute atomic E-state index is 0.0128. The Morgan fingerprint density at radius 3 is 2.81 bits per heavy atom. The van der Waals surface area contributed by atoms with E-state index >= 15 is 0 Å². The maximum absolute atomic E-state index is 13.2. The molecular weight excluding hydrogens is 361 g/mol. The lowest BCUT2D eigenvalue weighted by atomic mass is 10.2. The van der Waals surface area contributed by atoms with Gasteiger partial charge in [0.05, 0.1) is 0 Å². The molecule has 3 rings (SSSR count). The van der Waals surface area contributed by atoms with Gasteiger partial charge in [0.1, 0.15) is 11.3 Å². The Balaban J connectivity index is 1.61. The van der Waals surface area contributed by atoms with Gasteiger partial charge in [-0.3, -0.25) is 4.79 Å². The fourth-order valence-electron chi connectivity index (χ4n) is 2.60. The van der Waals surface area contributed by atoms with Gasteiger partial charge in [0.15, 0.2) is 12.3 Å². The van der Waals surface area contributed by atoms with Crippen molar-refractivity contribution in [1.29, 1.82) is 0 Å². The number of rotatable bonds is 6. The zero-order valence-electron chi connectivity index (χ0n) is 14.5. The van der Waals surface area contributed by atoms with E-state index in [0.717, 1.165) is 10.1 Å². The van der Waals surface area contributed by atoms with Crippen LogP contribution in [0, 0.1) is 6.92 Å². The SMILES string of the molecule is Cc1cccc(OCC(=O)NCCn2c(C(F)(F)F)nc3cccnc32)c1. The predicted octanol–water partition coefficient (Wildman–Crippen LogP) is 2.95. The van der Waals surface area contributed by atoms with Crippen molar-refractivity contribution in [2.75, 3.05) is 13.2 Å². The second-order valence-electron chi connectivity index (χ2n) is 5.89. The molecule has 0 aliphatic heterocycles. The van der Waals surface area contributed by atoms with Crippen molar-refractivity contribution in [1.82, 2.24) is 19.9 Å². The summed E-state index contributed by atoms with van der Waals surface area (Å²) < 4.78 is 45.9. The van der Waals surface area contributed by atoms with Crippen molar-refractivity contribution in [2.45, 2.75) is 19.6 Å². The Labute approximate surface area is 153 Å². The molecule has 2 heterocycles. The van der Waals surface area contributed by atoms with Gasteiger partial charge in [-0.15, -0.1) is 0 Å². The van der Waals surface area contributed by atoms with E-state index in [1.807, 2.05) is 13.0 Å². The van der Waals surface area contributed by atoms with Crippen LogP contribution >= 0.6 is 0 Å². The third-order valence-electron chi connectivity index (χ3n) is 3.77. The summed E-state index contributed by atoms with van der Waals surface area (Å²) in [6, 6.07) is 10.2. The smallest absolute Gasteiger partial charge is 0.449 e. The Bertz CT molecular complexity index is 953. The molecule has 0 aliphatic rings. The Hall–Kier alpha value is -3.10. The quantitative estimate of drug-likeness (QED) is 0.716. The molecule has 9 heteroatoms. The Kier molecular flexibility index (Phi) is 5.29. The number of carbonyl (C=O) groups excluding carboxylic acids is 1. The lowest BCUT2D eigenvalue weighted by Crippen LogP contribution is -2.32. The first-order valence-electron chi connectivity index (χ1n) is 8.19. The van der Waals surface area contributed by atoms with E-state index in [2.05, 4.69) is 15.3 Å². The van der Waals surface area contributed by atoms with Gasteiger partial charge in [-0.05, 0) is 36.8 Å². The summed E-state index contributed by atoms with van der Waals surface area (Å²) in [5, 5.41) is 2.54. The number of pyridine rings is 1. The maximum atomic E-state index is 13.2. The summed E-state index contributed by atoms with van der Waals surface area (Å²) in [7, 11) is 0. The number of amides is 1. The summed E-state index contributed by atoms with van der Waals surface area (Å²) in [6.07, 6.45) is -3.21. The summed E-state index contributed by atoms with van der Waals surface area (Å²) in [6.45, 7) is 1.55. The summed E-state index contributed by atoms with van der Waals surface area (Å²) in [4.78, 5) is 19.4. The van der Waals surface area contributed by atoms with Crippen molar-refractivity contribution in [3.05, 3.63) is 54.0 Å². The van der Waals surface area contributed by atoms with E-state index in [9.17, 15) is 18.0 Å². The first kappa shape index (κ1) is 18.7. The highest BCUT2D eigenvalue weighted by Gasteiger charge is 2.37. The minimum atomic E-state index is -4.61. The number of hydrogen-bond donors (Lipinski definition) is 1. The molecule has 1 amide bonds. The van der Waals surface area contributed by atoms with Crippen LogP contribution in [0.1, 0.15) is 11.4 Å². The summed E-state index contributed by atoms with van der Waals surface area (Å²) >= 11 is 0. The predicted molar refractivity (Wildman–Crippen MR) is 92.2 cm³/mol. The fraction of sp³-hybridized carbons (Fsp3) is 0.278. The molecule has 3 aromatic rings. The number of carbonyl (C=O) groups is 1.